The lowest BCUT2D eigenvalue weighted by atomic mass is 10.0. The molecule has 0 saturated heterocycles. The van der Waals surface area contributed by atoms with Gasteiger partial charge in [-0.3, -0.25) is 0 Å². The first kappa shape index (κ1) is 14.9. The van der Waals surface area contributed by atoms with Crippen molar-refractivity contribution in [3.8, 4) is 17.2 Å². The Morgan fingerprint density at radius 2 is 1.87 bits per heavy atom. The van der Waals surface area contributed by atoms with Gasteiger partial charge in [0.05, 0.1) is 12.5 Å². The standard InChI is InChI=1S/C17H14O6/c1-22-13-8-9(6-7-11(13)18)15(19)14-16(20)10-4-2-3-5-12(10)23-17(14)21/h2-8,15,18-20H,1H3. The van der Waals surface area contributed by atoms with Gasteiger partial charge in [-0.05, 0) is 29.8 Å². The Morgan fingerprint density at radius 3 is 2.61 bits per heavy atom. The number of phenols is 1. The van der Waals surface area contributed by atoms with E-state index in [2.05, 4.69) is 0 Å². The van der Waals surface area contributed by atoms with Crippen LogP contribution in [0.2, 0.25) is 0 Å². The molecule has 3 N–H and O–H groups in total. The van der Waals surface area contributed by atoms with Crippen LogP contribution in [0.5, 0.6) is 17.2 Å². The molecule has 6 nitrogen and oxygen atoms in total. The van der Waals surface area contributed by atoms with Crippen LogP contribution in [-0.4, -0.2) is 22.4 Å². The van der Waals surface area contributed by atoms with Crippen LogP contribution < -0.4 is 10.4 Å². The summed E-state index contributed by atoms with van der Waals surface area (Å²) in [6.45, 7) is 0. The van der Waals surface area contributed by atoms with Crippen LogP contribution in [0, 0.1) is 0 Å². The first-order valence-corrected chi connectivity index (χ1v) is 6.82. The molecule has 3 rings (SSSR count). The molecule has 0 aliphatic heterocycles. The fourth-order valence-corrected chi connectivity index (χ4v) is 2.42. The van der Waals surface area contributed by atoms with Crippen molar-refractivity contribution in [1.29, 1.82) is 0 Å². The summed E-state index contributed by atoms with van der Waals surface area (Å²) >= 11 is 0. The summed E-state index contributed by atoms with van der Waals surface area (Å²) in [5, 5.41) is 30.7. The molecule has 0 radical (unpaired) electrons. The zero-order valence-electron chi connectivity index (χ0n) is 12.2. The molecule has 1 unspecified atom stereocenters. The molecule has 0 aliphatic rings. The van der Waals surface area contributed by atoms with E-state index in [0.29, 0.717) is 5.39 Å². The number of ether oxygens (including phenoxy) is 1. The molecule has 118 valence electrons. The van der Waals surface area contributed by atoms with E-state index < -0.39 is 11.7 Å². The lowest BCUT2D eigenvalue weighted by Gasteiger charge is -2.14. The average Bonchev–Trinajstić information content (AvgIpc) is 2.55. The number of phenolic OH excluding ortho intramolecular Hbond substituents is 1. The number of para-hydroxylation sites is 1. The summed E-state index contributed by atoms with van der Waals surface area (Å²) in [7, 11) is 1.37. The van der Waals surface area contributed by atoms with Crippen molar-refractivity contribution in [2.45, 2.75) is 6.10 Å². The number of aliphatic hydroxyl groups excluding tert-OH is 1. The monoisotopic (exact) mass is 314 g/mol. The molecule has 23 heavy (non-hydrogen) atoms. The molecule has 1 atom stereocenters. The third-order valence-electron chi connectivity index (χ3n) is 3.61. The van der Waals surface area contributed by atoms with Crippen LogP contribution in [0.25, 0.3) is 11.0 Å². The van der Waals surface area contributed by atoms with E-state index in [1.165, 1.54) is 25.3 Å². The van der Waals surface area contributed by atoms with Crippen LogP contribution in [0.3, 0.4) is 0 Å². The van der Waals surface area contributed by atoms with Gasteiger partial charge in [-0.1, -0.05) is 18.2 Å². The van der Waals surface area contributed by atoms with Gasteiger partial charge in [0.1, 0.15) is 23.0 Å². The highest BCUT2D eigenvalue weighted by Gasteiger charge is 2.23. The number of methoxy groups -OCH3 is 1. The van der Waals surface area contributed by atoms with Gasteiger partial charge >= 0.3 is 5.63 Å². The van der Waals surface area contributed by atoms with Crippen molar-refractivity contribution in [3.63, 3.8) is 0 Å². The molecule has 2 aromatic carbocycles. The fourth-order valence-electron chi connectivity index (χ4n) is 2.42. The van der Waals surface area contributed by atoms with Crippen molar-refractivity contribution >= 4 is 11.0 Å². The molecular formula is C17H14O6. The minimum atomic E-state index is -1.43. The maximum absolute atomic E-state index is 12.1. The molecule has 1 heterocycles. The SMILES string of the molecule is COc1cc(C(O)c2c(O)c3ccccc3oc2=O)ccc1O. The van der Waals surface area contributed by atoms with Crippen LogP contribution in [-0.2, 0) is 0 Å². The Labute approximate surface area is 130 Å². The predicted molar refractivity (Wildman–Crippen MR) is 82.9 cm³/mol. The van der Waals surface area contributed by atoms with Crippen molar-refractivity contribution in [3.05, 3.63) is 64.0 Å². The third-order valence-corrected chi connectivity index (χ3v) is 3.61. The Bertz CT molecular complexity index is 928. The molecule has 0 amide bonds. The van der Waals surface area contributed by atoms with Gasteiger partial charge in [0.25, 0.3) is 0 Å². The minimum Gasteiger partial charge on any atom is -0.506 e. The van der Waals surface area contributed by atoms with Gasteiger partial charge in [0, 0.05) is 0 Å². The summed E-state index contributed by atoms with van der Waals surface area (Å²) in [4.78, 5) is 12.1. The first-order chi connectivity index (χ1) is 11.0. The zero-order valence-corrected chi connectivity index (χ0v) is 12.2. The number of rotatable bonds is 3. The highest BCUT2D eigenvalue weighted by molar-refractivity contribution is 5.84. The minimum absolute atomic E-state index is 0.0989. The van der Waals surface area contributed by atoms with E-state index in [9.17, 15) is 20.1 Å². The average molecular weight is 314 g/mol. The maximum atomic E-state index is 12.1. The van der Waals surface area contributed by atoms with Gasteiger partial charge in [0.15, 0.2) is 11.5 Å². The Kier molecular flexibility index (Phi) is 3.67. The Morgan fingerprint density at radius 1 is 1.13 bits per heavy atom. The Balaban J connectivity index is 2.18. The molecule has 0 aliphatic carbocycles. The van der Waals surface area contributed by atoms with Gasteiger partial charge in [-0.25, -0.2) is 4.79 Å². The smallest absolute Gasteiger partial charge is 0.346 e. The van der Waals surface area contributed by atoms with Crippen molar-refractivity contribution in [1.82, 2.24) is 0 Å². The summed E-state index contributed by atoms with van der Waals surface area (Å²) in [6.07, 6.45) is -1.43. The van der Waals surface area contributed by atoms with E-state index >= 15 is 0 Å². The number of aromatic hydroxyl groups is 2. The number of hydrogen-bond acceptors (Lipinski definition) is 6. The lowest BCUT2D eigenvalue weighted by Crippen LogP contribution is -2.14. The van der Waals surface area contributed by atoms with E-state index in [1.807, 2.05) is 0 Å². The molecule has 0 bridgehead atoms. The Hall–Kier alpha value is -2.99. The van der Waals surface area contributed by atoms with Crippen molar-refractivity contribution in [2.24, 2.45) is 0 Å². The molecule has 0 fully saturated rings. The summed E-state index contributed by atoms with van der Waals surface area (Å²) in [5.74, 6) is -0.291. The van der Waals surface area contributed by atoms with Gasteiger partial charge in [0.2, 0.25) is 0 Å². The zero-order chi connectivity index (χ0) is 16.6. The summed E-state index contributed by atoms with van der Waals surface area (Å²) in [6, 6.07) is 10.6. The fraction of sp³-hybridized carbons (Fsp3) is 0.118. The van der Waals surface area contributed by atoms with Crippen LogP contribution in [0.4, 0.5) is 0 Å². The summed E-state index contributed by atoms with van der Waals surface area (Å²) in [5.41, 5.74) is -0.594. The van der Waals surface area contributed by atoms with E-state index in [1.54, 1.807) is 24.3 Å². The number of benzene rings is 2. The van der Waals surface area contributed by atoms with E-state index in [4.69, 9.17) is 9.15 Å². The second-order valence-corrected chi connectivity index (χ2v) is 4.98. The second kappa shape index (κ2) is 5.66. The first-order valence-electron chi connectivity index (χ1n) is 6.82. The van der Waals surface area contributed by atoms with Gasteiger partial charge in [-0.2, -0.15) is 0 Å². The molecular weight excluding hydrogens is 300 g/mol. The normalized spacial score (nSPS) is 12.3. The topological polar surface area (TPSA) is 100 Å². The molecule has 0 saturated carbocycles. The van der Waals surface area contributed by atoms with Crippen LogP contribution in [0.1, 0.15) is 17.2 Å². The highest BCUT2D eigenvalue weighted by Crippen LogP contribution is 2.35. The second-order valence-electron chi connectivity index (χ2n) is 4.98. The number of aliphatic hydroxyl groups is 1. The van der Waals surface area contributed by atoms with Gasteiger partial charge in [-0.15, -0.1) is 0 Å². The summed E-state index contributed by atoms with van der Waals surface area (Å²) < 4.78 is 10.1. The molecule has 0 spiro atoms. The van der Waals surface area contributed by atoms with E-state index in [0.717, 1.165) is 0 Å². The molecule has 6 heteroatoms. The quantitative estimate of drug-likeness (QED) is 0.641. The van der Waals surface area contributed by atoms with Crippen molar-refractivity contribution in [2.75, 3.05) is 7.11 Å². The largest absolute Gasteiger partial charge is 0.506 e. The molecule has 1 aromatic heterocycles. The lowest BCUT2D eigenvalue weighted by molar-refractivity contribution is 0.209. The predicted octanol–water partition coefficient (Wildman–Crippen LogP) is 2.29. The van der Waals surface area contributed by atoms with Crippen LogP contribution >= 0.6 is 0 Å². The highest BCUT2D eigenvalue weighted by atomic mass is 16.5. The molecule has 3 aromatic rings. The van der Waals surface area contributed by atoms with Gasteiger partial charge < -0.3 is 24.5 Å². The maximum Gasteiger partial charge on any atom is 0.346 e. The van der Waals surface area contributed by atoms with E-state index in [-0.39, 0.29) is 34.0 Å². The third kappa shape index (κ3) is 2.49. The number of hydrogen-bond donors (Lipinski definition) is 3. The number of fused-ring (bicyclic) bond motifs is 1. The van der Waals surface area contributed by atoms with Crippen LogP contribution in [0.15, 0.2) is 51.7 Å². The van der Waals surface area contributed by atoms with Crippen molar-refractivity contribution < 1.29 is 24.5 Å².